The summed E-state index contributed by atoms with van der Waals surface area (Å²) in [6, 6.07) is 4.28. The molecule has 0 amide bonds. The minimum Gasteiger partial charge on any atom is -0.378 e. The molecule has 0 bridgehead atoms. The van der Waals surface area contributed by atoms with Crippen LogP contribution in [-0.2, 0) is 0 Å². The van der Waals surface area contributed by atoms with Crippen molar-refractivity contribution in [2.24, 2.45) is 0 Å². The maximum absolute atomic E-state index is 4.47. The van der Waals surface area contributed by atoms with Crippen molar-refractivity contribution in [3.05, 3.63) is 18.3 Å². The number of aromatic nitrogens is 1. The van der Waals surface area contributed by atoms with E-state index in [2.05, 4.69) is 50.0 Å². The van der Waals surface area contributed by atoms with Gasteiger partial charge in [-0.15, -0.1) is 0 Å². The van der Waals surface area contributed by atoms with E-state index in [1.54, 1.807) is 0 Å². The summed E-state index contributed by atoms with van der Waals surface area (Å²) in [4.78, 5) is 6.59. The summed E-state index contributed by atoms with van der Waals surface area (Å²) in [6.45, 7) is 4.50. The second kappa shape index (κ2) is 5.31. The zero-order valence-electron chi connectivity index (χ0n) is 9.49. The average molecular weight is 210 g/mol. The fraction of sp³-hybridized carbons (Fsp3) is 0.545. The van der Waals surface area contributed by atoms with Crippen LogP contribution in [-0.4, -0.2) is 31.4 Å². The smallest absolute Gasteiger partial charge is 0.0651 e. The van der Waals surface area contributed by atoms with Crippen LogP contribution < -0.4 is 10.3 Å². The van der Waals surface area contributed by atoms with Crippen molar-refractivity contribution in [3.63, 3.8) is 0 Å². The lowest BCUT2D eigenvalue weighted by Gasteiger charge is -2.16. The first-order valence-electron chi connectivity index (χ1n) is 5.07. The van der Waals surface area contributed by atoms with Crippen molar-refractivity contribution in [1.29, 1.82) is 0 Å². The molecule has 3 heteroatoms. The molecular formula is C11H19N2P. The molecule has 14 heavy (non-hydrogen) atoms. The molecule has 0 unspecified atom stereocenters. The lowest BCUT2D eigenvalue weighted by atomic mass is 10.4. The van der Waals surface area contributed by atoms with Crippen LogP contribution in [0.5, 0.6) is 0 Å². The SMILES string of the molecule is CCP(CC)c1cc(N(C)C)ccn1. The van der Waals surface area contributed by atoms with Gasteiger partial charge in [0.2, 0.25) is 0 Å². The number of nitrogens with zero attached hydrogens (tertiary/aromatic N) is 2. The molecule has 1 rings (SSSR count). The van der Waals surface area contributed by atoms with E-state index in [0.29, 0.717) is 0 Å². The molecule has 0 aromatic carbocycles. The Bertz CT molecular complexity index is 282. The Labute approximate surface area is 88.1 Å². The molecule has 0 atom stereocenters. The fourth-order valence-corrected chi connectivity index (χ4v) is 3.05. The third-order valence-corrected chi connectivity index (χ3v) is 4.75. The van der Waals surface area contributed by atoms with Gasteiger partial charge in [-0.2, -0.15) is 0 Å². The molecule has 0 fully saturated rings. The van der Waals surface area contributed by atoms with E-state index in [1.165, 1.54) is 23.4 Å². The standard InChI is InChI=1S/C11H19N2P/c1-5-14(6-2)11-9-10(13(3)4)7-8-12-11/h7-9H,5-6H2,1-4H3. The quantitative estimate of drug-likeness (QED) is 0.709. The lowest BCUT2D eigenvalue weighted by Crippen LogP contribution is -2.14. The van der Waals surface area contributed by atoms with Crippen LogP contribution in [0.2, 0.25) is 0 Å². The van der Waals surface area contributed by atoms with E-state index in [0.717, 1.165) is 0 Å². The number of rotatable bonds is 4. The average Bonchev–Trinajstić information content (AvgIpc) is 2.20. The minimum absolute atomic E-state index is 0.0301. The third-order valence-electron chi connectivity index (χ3n) is 2.33. The third kappa shape index (κ3) is 2.68. The van der Waals surface area contributed by atoms with Gasteiger partial charge in [0.25, 0.3) is 0 Å². The molecule has 0 saturated heterocycles. The molecule has 1 aromatic rings. The summed E-state index contributed by atoms with van der Waals surface area (Å²) in [5.74, 6) is 0. The van der Waals surface area contributed by atoms with E-state index in [-0.39, 0.29) is 7.92 Å². The highest BCUT2D eigenvalue weighted by molar-refractivity contribution is 7.65. The van der Waals surface area contributed by atoms with Crippen molar-refractivity contribution >= 4 is 19.0 Å². The summed E-state index contributed by atoms with van der Waals surface area (Å²) in [7, 11) is 4.11. The summed E-state index contributed by atoms with van der Waals surface area (Å²) < 4.78 is 0. The van der Waals surface area contributed by atoms with Gasteiger partial charge in [-0.1, -0.05) is 21.8 Å². The van der Waals surface area contributed by atoms with Crippen molar-refractivity contribution < 1.29 is 0 Å². The Kier molecular flexibility index (Phi) is 4.34. The summed E-state index contributed by atoms with van der Waals surface area (Å²) in [6.07, 6.45) is 4.39. The van der Waals surface area contributed by atoms with Crippen molar-refractivity contribution in [2.75, 3.05) is 31.3 Å². The van der Waals surface area contributed by atoms with Gasteiger partial charge in [-0.25, -0.2) is 0 Å². The first kappa shape index (κ1) is 11.5. The number of anilines is 1. The Balaban J connectivity index is 2.92. The van der Waals surface area contributed by atoms with Crippen LogP contribution in [0, 0.1) is 0 Å². The van der Waals surface area contributed by atoms with Gasteiger partial charge < -0.3 is 4.90 Å². The van der Waals surface area contributed by atoms with Gasteiger partial charge in [0, 0.05) is 26.0 Å². The van der Waals surface area contributed by atoms with E-state index < -0.39 is 0 Å². The van der Waals surface area contributed by atoms with Gasteiger partial charge in [0.15, 0.2) is 0 Å². The molecule has 1 aromatic heterocycles. The van der Waals surface area contributed by atoms with Gasteiger partial charge in [-0.05, 0) is 24.5 Å². The maximum atomic E-state index is 4.47. The molecule has 0 radical (unpaired) electrons. The largest absolute Gasteiger partial charge is 0.378 e. The molecule has 78 valence electrons. The normalized spacial score (nSPS) is 10.6. The van der Waals surface area contributed by atoms with E-state index in [1.807, 2.05) is 6.20 Å². The zero-order valence-corrected chi connectivity index (χ0v) is 10.4. The predicted octanol–water partition coefficient (Wildman–Crippen LogP) is 2.29. The van der Waals surface area contributed by atoms with E-state index in [9.17, 15) is 0 Å². The van der Waals surface area contributed by atoms with Crippen molar-refractivity contribution in [3.8, 4) is 0 Å². The van der Waals surface area contributed by atoms with Crippen LogP contribution in [0.25, 0.3) is 0 Å². The molecule has 0 aliphatic carbocycles. The maximum Gasteiger partial charge on any atom is 0.0651 e. The summed E-state index contributed by atoms with van der Waals surface area (Å²) in [5.41, 5.74) is 2.54. The van der Waals surface area contributed by atoms with Crippen LogP contribution in [0.15, 0.2) is 18.3 Å². The minimum atomic E-state index is -0.0301. The number of hydrogen-bond acceptors (Lipinski definition) is 2. The van der Waals surface area contributed by atoms with Gasteiger partial charge in [0.1, 0.15) is 0 Å². The van der Waals surface area contributed by atoms with Crippen LogP contribution in [0.1, 0.15) is 13.8 Å². The van der Waals surface area contributed by atoms with Gasteiger partial charge >= 0.3 is 0 Å². The summed E-state index contributed by atoms with van der Waals surface area (Å²) in [5, 5.41) is 0. The molecule has 1 heterocycles. The van der Waals surface area contributed by atoms with Crippen LogP contribution in [0.4, 0.5) is 5.69 Å². The predicted molar refractivity (Wildman–Crippen MR) is 66.2 cm³/mol. The monoisotopic (exact) mass is 210 g/mol. The van der Waals surface area contributed by atoms with Crippen molar-refractivity contribution in [1.82, 2.24) is 4.98 Å². The molecule has 2 nitrogen and oxygen atoms in total. The number of pyridine rings is 1. The van der Waals surface area contributed by atoms with E-state index in [4.69, 9.17) is 0 Å². The Morgan fingerprint density at radius 1 is 1.29 bits per heavy atom. The molecule has 0 saturated carbocycles. The van der Waals surface area contributed by atoms with Crippen LogP contribution in [0.3, 0.4) is 0 Å². The Hall–Kier alpha value is -0.620. The molecule has 0 spiro atoms. The molecular weight excluding hydrogens is 191 g/mol. The van der Waals surface area contributed by atoms with Gasteiger partial charge in [0.05, 0.1) is 5.44 Å². The van der Waals surface area contributed by atoms with E-state index >= 15 is 0 Å². The lowest BCUT2D eigenvalue weighted by molar-refractivity contribution is 1.12. The first-order chi connectivity index (χ1) is 6.69. The fourth-order valence-electron chi connectivity index (χ4n) is 1.41. The number of hydrogen-bond donors (Lipinski definition) is 0. The molecule has 0 aliphatic rings. The van der Waals surface area contributed by atoms with Crippen molar-refractivity contribution in [2.45, 2.75) is 13.8 Å². The first-order valence-corrected chi connectivity index (χ1v) is 6.78. The highest BCUT2D eigenvalue weighted by Gasteiger charge is 2.08. The Morgan fingerprint density at radius 3 is 2.43 bits per heavy atom. The summed E-state index contributed by atoms with van der Waals surface area (Å²) >= 11 is 0. The second-order valence-electron chi connectivity index (χ2n) is 3.44. The molecule has 0 aliphatic heterocycles. The highest BCUT2D eigenvalue weighted by atomic mass is 31.1. The highest BCUT2D eigenvalue weighted by Crippen LogP contribution is 2.32. The topological polar surface area (TPSA) is 16.1 Å². The second-order valence-corrected chi connectivity index (χ2v) is 6.24. The van der Waals surface area contributed by atoms with Gasteiger partial charge in [-0.3, -0.25) is 4.98 Å². The molecule has 0 N–H and O–H groups in total. The Morgan fingerprint density at radius 2 is 1.93 bits per heavy atom. The van der Waals surface area contributed by atoms with Crippen LogP contribution >= 0.6 is 7.92 Å². The zero-order chi connectivity index (χ0) is 10.6.